The topological polar surface area (TPSA) is 75.6 Å². The molecule has 120 valence electrons. The van der Waals surface area contributed by atoms with E-state index in [4.69, 9.17) is 4.74 Å². The zero-order valence-electron chi connectivity index (χ0n) is 12.3. The number of aliphatic hydroxyl groups is 1. The summed E-state index contributed by atoms with van der Waals surface area (Å²) < 4.78 is 32.5. The van der Waals surface area contributed by atoms with Gasteiger partial charge in [-0.1, -0.05) is 42.5 Å². The summed E-state index contributed by atoms with van der Waals surface area (Å²) in [6.07, 6.45) is 1.38. The third kappa shape index (κ3) is 3.72. The van der Waals surface area contributed by atoms with Gasteiger partial charge in [0.15, 0.2) is 0 Å². The number of sulfonamides is 1. The van der Waals surface area contributed by atoms with Crippen LogP contribution in [0.15, 0.2) is 53.9 Å². The maximum Gasteiger partial charge on any atom is 0.255 e. The molecule has 0 aliphatic carbocycles. The van der Waals surface area contributed by atoms with Crippen LogP contribution in [-0.4, -0.2) is 20.1 Å². The molecule has 1 aliphatic rings. The van der Waals surface area contributed by atoms with E-state index in [1.807, 2.05) is 30.3 Å². The maximum absolute atomic E-state index is 12.2. The normalized spacial score (nSPS) is 17.5. The van der Waals surface area contributed by atoms with Gasteiger partial charge in [-0.3, -0.25) is 4.72 Å². The molecule has 1 heterocycles. The Morgan fingerprint density at radius 2 is 1.91 bits per heavy atom. The lowest BCUT2D eigenvalue weighted by Crippen LogP contribution is -2.17. The van der Waals surface area contributed by atoms with Crippen molar-refractivity contribution in [3.8, 4) is 5.75 Å². The SMILES string of the molecule is O=S(=O)(C=Cc1ccccc1)Nc1cccc2c1OCCC2O. The first-order valence-electron chi connectivity index (χ1n) is 7.25. The van der Waals surface area contributed by atoms with Gasteiger partial charge in [-0.15, -0.1) is 0 Å². The highest BCUT2D eigenvalue weighted by atomic mass is 32.2. The van der Waals surface area contributed by atoms with E-state index >= 15 is 0 Å². The predicted octanol–water partition coefficient (Wildman–Crippen LogP) is 2.92. The number of rotatable bonds is 4. The summed E-state index contributed by atoms with van der Waals surface area (Å²) in [6, 6.07) is 14.2. The number of ether oxygens (including phenoxy) is 1. The molecule has 2 N–H and O–H groups in total. The summed E-state index contributed by atoms with van der Waals surface area (Å²) in [5.74, 6) is 0.392. The molecule has 0 radical (unpaired) electrons. The highest BCUT2D eigenvalue weighted by Crippen LogP contribution is 2.38. The van der Waals surface area contributed by atoms with Crippen molar-refractivity contribution in [2.45, 2.75) is 12.5 Å². The van der Waals surface area contributed by atoms with E-state index < -0.39 is 16.1 Å². The van der Waals surface area contributed by atoms with Gasteiger partial charge in [-0.2, -0.15) is 0 Å². The van der Waals surface area contributed by atoms with Crippen LogP contribution in [0.3, 0.4) is 0 Å². The van der Waals surface area contributed by atoms with Gasteiger partial charge < -0.3 is 9.84 Å². The Balaban J connectivity index is 1.84. The van der Waals surface area contributed by atoms with Gasteiger partial charge in [0, 0.05) is 12.0 Å². The van der Waals surface area contributed by atoms with Crippen LogP contribution in [0.4, 0.5) is 5.69 Å². The molecule has 0 bridgehead atoms. The molecule has 1 atom stereocenters. The Bertz CT molecular complexity index is 816. The zero-order valence-corrected chi connectivity index (χ0v) is 13.2. The van der Waals surface area contributed by atoms with Crippen molar-refractivity contribution in [3.05, 3.63) is 65.1 Å². The van der Waals surface area contributed by atoms with Crippen molar-refractivity contribution < 1.29 is 18.3 Å². The second-order valence-corrected chi connectivity index (χ2v) is 6.80. The first-order chi connectivity index (χ1) is 11.1. The minimum Gasteiger partial charge on any atom is -0.491 e. The van der Waals surface area contributed by atoms with E-state index in [9.17, 15) is 13.5 Å². The van der Waals surface area contributed by atoms with Gasteiger partial charge in [0.25, 0.3) is 10.0 Å². The predicted molar refractivity (Wildman–Crippen MR) is 89.5 cm³/mol. The van der Waals surface area contributed by atoms with Crippen molar-refractivity contribution in [1.82, 2.24) is 0 Å². The molecule has 5 nitrogen and oxygen atoms in total. The van der Waals surface area contributed by atoms with Gasteiger partial charge in [-0.05, 0) is 17.7 Å². The van der Waals surface area contributed by atoms with E-state index in [0.29, 0.717) is 30.0 Å². The monoisotopic (exact) mass is 331 g/mol. The smallest absolute Gasteiger partial charge is 0.255 e. The molecular weight excluding hydrogens is 314 g/mol. The third-order valence-electron chi connectivity index (χ3n) is 3.53. The van der Waals surface area contributed by atoms with E-state index in [1.165, 1.54) is 6.08 Å². The van der Waals surface area contributed by atoms with E-state index in [2.05, 4.69) is 4.72 Å². The Morgan fingerprint density at radius 3 is 2.70 bits per heavy atom. The van der Waals surface area contributed by atoms with Crippen molar-refractivity contribution in [2.24, 2.45) is 0 Å². The van der Waals surface area contributed by atoms with Crippen LogP contribution in [0.25, 0.3) is 6.08 Å². The van der Waals surface area contributed by atoms with Crippen molar-refractivity contribution in [2.75, 3.05) is 11.3 Å². The van der Waals surface area contributed by atoms with Gasteiger partial charge in [0.05, 0.1) is 23.8 Å². The number of benzene rings is 2. The molecular formula is C17H17NO4S. The number of anilines is 1. The summed E-state index contributed by atoms with van der Waals surface area (Å²) >= 11 is 0. The molecule has 0 aromatic heterocycles. The number of nitrogens with one attached hydrogen (secondary N) is 1. The fraction of sp³-hybridized carbons (Fsp3) is 0.176. The molecule has 6 heteroatoms. The lowest BCUT2D eigenvalue weighted by atomic mass is 10.0. The highest BCUT2D eigenvalue weighted by Gasteiger charge is 2.23. The molecule has 3 rings (SSSR count). The summed E-state index contributed by atoms with van der Waals surface area (Å²) in [7, 11) is -3.68. The molecule has 0 spiro atoms. The Kier molecular flexibility index (Phi) is 4.36. The molecule has 1 aliphatic heterocycles. The minimum absolute atomic E-state index is 0.332. The Labute approximate surface area is 135 Å². The number of hydrogen-bond acceptors (Lipinski definition) is 4. The summed E-state index contributed by atoms with van der Waals surface area (Å²) in [5.41, 5.74) is 1.72. The maximum atomic E-state index is 12.2. The molecule has 0 saturated carbocycles. The van der Waals surface area contributed by atoms with Crippen LogP contribution in [0.5, 0.6) is 5.75 Å². The fourth-order valence-electron chi connectivity index (χ4n) is 2.41. The average Bonchev–Trinajstić information content (AvgIpc) is 2.55. The third-order valence-corrected chi connectivity index (χ3v) is 4.53. The van der Waals surface area contributed by atoms with Crippen molar-refractivity contribution in [3.63, 3.8) is 0 Å². The summed E-state index contributed by atoms with van der Waals surface area (Å²) in [6.45, 7) is 0.354. The van der Waals surface area contributed by atoms with Gasteiger partial charge in [0.1, 0.15) is 5.75 Å². The molecule has 2 aromatic rings. The van der Waals surface area contributed by atoms with E-state index in [0.717, 1.165) is 11.0 Å². The van der Waals surface area contributed by atoms with Crippen LogP contribution < -0.4 is 9.46 Å². The van der Waals surface area contributed by atoms with E-state index in [1.54, 1.807) is 18.2 Å². The highest BCUT2D eigenvalue weighted by molar-refractivity contribution is 7.95. The quantitative estimate of drug-likeness (QED) is 0.903. The lowest BCUT2D eigenvalue weighted by Gasteiger charge is -2.24. The van der Waals surface area contributed by atoms with Crippen LogP contribution >= 0.6 is 0 Å². The first kappa shape index (κ1) is 15.6. The van der Waals surface area contributed by atoms with Crippen molar-refractivity contribution >= 4 is 21.8 Å². The van der Waals surface area contributed by atoms with Crippen LogP contribution in [0.2, 0.25) is 0 Å². The first-order valence-corrected chi connectivity index (χ1v) is 8.79. The Hall–Kier alpha value is -2.31. The summed E-state index contributed by atoms with van der Waals surface area (Å²) in [4.78, 5) is 0. The standard InChI is InChI=1S/C17H17NO4S/c19-16-9-11-22-17-14(16)7-4-8-15(17)18-23(20,21)12-10-13-5-2-1-3-6-13/h1-8,10,12,16,18-19H,9,11H2. The molecule has 2 aromatic carbocycles. The second kappa shape index (κ2) is 6.44. The molecule has 1 unspecified atom stereocenters. The summed E-state index contributed by atoms with van der Waals surface area (Å²) in [5, 5.41) is 11.1. The molecule has 0 fully saturated rings. The fourth-order valence-corrected chi connectivity index (χ4v) is 3.28. The van der Waals surface area contributed by atoms with Gasteiger partial charge in [-0.25, -0.2) is 8.42 Å². The lowest BCUT2D eigenvalue weighted by molar-refractivity contribution is 0.116. The molecule has 0 saturated heterocycles. The van der Waals surface area contributed by atoms with Crippen LogP contribution in [0.1, 0.15) is 23.7 Å². The number of hydrogen-bond donors (Lipinski definition) is 2. The second-order valence-electron chi connectivity index (χ2n) is 5.24. The van der Waals surface area contributed by atoms with Crippen molar-refractivity contribution in [1.29, 1.82) is 0 Å². The van der Waals surface area contributed by atoms with E-state index in [-0.39, 0.29) is 0 Å². The van der Waals surface area contributed by atoms with Crippen LogP contribution in [0, 0.1) is 0 Å². The molecule has 23 heavy (non-hydrogen) atoms. The average molecular weight is 331 g/mol. The number of para-hydroxylation sites is 1. The zero-order chi connectivity index (χ0) is 16.3. The minimum atomic E-state index is -3.68. The molecule has 0 amide bonds. The van der Waals surface area contributed by atoms with Crippen LogP contribution in [-0.2, 0) is 10.0 Å². The Morgan fingerprint density at radius 1 is 1.13 bits per heavy atom. The largest absolute Gasteiger partial charge is 0.491 e. The van der Waals surface area contributed by atoms with Gasteiger partial charge in [0.2, 0.25) is 0 Å². The number of fused-ring (bicyclic) bond motifs is 1. The van der Waals surface area contributed by atoms with Gasteiger partial charge >= 0.3 is 0 Å². The number of aliphatic hydroxyl groups excluding tert-OH is 1.